The van der Waals surface area contributed by atoms with Crippen molar-refractivity contribution in [2.45, 2.75) is 31.2 Å². The molecule has 0 aromatic heterocycles. The molecule has 1 heterocycles. The highest BCUT2D eigenvalue weighted by Crippen LogP contribution is 2.28. The molecule has 0 radical (unpaired) electrons. The van der Waals surface area contributed by atoms with Gasteiger partial charge in [0.05, 0.1) is 0 Å². The molecule has 1 aliphatic heterocycles. The number of thioether (sulfide) groups is 1. The minimum atomic E-state index is 0.316. The van der Waals surface area contributed by atoms with Gasteiger partial charge in [-0.3, -0.25) is 0 Å². The van der Waals surface area contributed by atoms with Gasteiger partial charge < -0.3 is 10.6 Å². The first-order chi connectivity index (χ1) is 8.12. The van der Waals surface area contributed by atoms with E-state index < -0.39 is 0 Å². The molecule has 1 unspecified atom stereocenters. The Balaban J connectivity index is 2.03. The van der Waals surface area contributed by atoms with E-state index in [1.807, 2.05) is 0 Å². The maximum atomic E-state index is 3.67. The lowest BCUT2D eigenvalue weighted by Gasteiger charge is -2.40. The number of benzene rings is 1. The van der Waals surface area contributed by atoms with Crippen LogP contribution in [-0.2, 0) is 0 Å². The van der Waals surface area contributed by atoms with E-state index in [9.17, 15) is 0 Å². The largest absolute Gasteiger partial charge is 0.382 e. The molecule has 1 aliphatic rings. The first-order valence-corrected chi connectivity index (χ1v) is 7.45. The molecule has 0 spiro atoms. The summed E-state index contributed by atoms with van der Waals surface area (Å²) in [5, 5.41) is 7.14. The van der Waals surface area contributed by atoms with Gasteiger partial charge in [-0.1, -0.05) is 13.8 Å². The van der Waals surface area contributed by atoms with Gasteiger partial charge in [-0.25, -0.2) is 0 Å². The molecule has 1 fully saturated rings. The average Bonchev–Trinajstić information content (AvgIpc) is 2.33. The van der Waals surface area contributed by atoms with Crippen molar-refractivity contribution in [2.75, 3.05) is 24.7 Å². The van der Waals surface area contributed by atoms with Gasteiger partial charge in [0.25, 0.3) is 0 Å². The molecule has 3 heteroatoms. The minimum Gasteiger partial charge on any atom is -0.382 e. The van der Waals surface area contributed by atoms with E-state index >= 15 is 0 Å². The number of nitrogens with one attached hydrogen (secondary N) is 2. The fourth-order valence-electron chi connectivity index (χ4n) is 2.33. The Morgan fingerprint density at radius 2 is 2.00 bits per heavy atom. The lowest BCUT2D eigenvalue weighted by atomic mass is 9.80. The van der Waals surface area contributed by atoms with Gasteiger partial charge in [0.1, 0.15) is 0 Å². The van der Waals surface area contributed by atoms with Crippen molar-refractivity contribution in [1.29, 1.82) is 0 Å². The molecule has 1 aromatic rings. The molecular weight excluding hydrogens is 228 g/mol. The Bertz CT molecular complexity index is 359. The van der Waals surface area contributed by atoms with E-state index in [4.69, 9.17) is 0 Å². The van der Waals surface area contributed by atoms with Crippen LogP contribution >= 0.6 is 11.8 Å². The van der Waals surface area contributed by atoms with E-state index in [2.05, 4.69) is 55.0 Å². The van der Waals surface area contributed by atoms with Crippen LogP contribution < -0.4 is 10.6 Å². The molecule has 1 aromatic carbocycles. The molecule has 1 atom stereocenters. The first-order valence-electron chi connectivity index (χ1n) is 6.23. The van der Waals surface area contributed by atoms with Crippen molar-refractivity contribution in [3.8, 4) is 0 Å². The summed E-state index contributed by atoms with van der Waals surface area (Å²) in [5.74, 6) is 0. The zero-order valence-electron chi connectivity index (χ0n) is 10.9. The monoisotopic (exact) mass is 250 g/mol. The van der Waals surface area contributed by atoms with Gasteiger partial charge >= 0.3 is 0 Å². The van der Waals surface area contributed by atoms with Crippen LogP contribution in [0.15, 0.2) is 29.2 Å². The van der Waals surface area contributed by atoms with Gasteiger partial charge in [-0.05, 0) is 48.9 Å². The second kappa shape index (κ2) is 5.32. The molecule has 17 heavy (non-hydrogen) atoms. The topological polar surface area (TPSA) is 24.1 Å². The van der Waals surface area contributed by atoms with Crippen LogP contribution in [0.2, 0.25) is 0 Å². The minimum absolute atomic E-state index is 0.316. The molecule has 0 amide bonds. The van der Waals surface area contributed by atoms with Crippen molar-refractivity contribution in [3.05, 3.63) is 24.3 Å². The van der Waals surface area contributed by atoms with Crippen LogP contribution in [0.25, 0.3) is 0 Å². The fourth-order valence-corrected chi connectivity index (χ4v) is 2.74. The summed E-state index contributed by atoms with van der Waals surface area (Å²) in [5.41, 5.74) is 1.55. The molecule has 94 valence electrons. The molecule has 0 bridgehead atoms. The molecule has 1 saturated heterocycles. The van der Waals surface area contributed by atoms with Gasteiger partial charge in [-0.15, -0.1) is 11.8 Å². The summed E-state index contributed by atoms with van der Waals surface area (Å²) in [6, 6.07) is 9.29. The average molecular weight is 250 g/mol. The smallest absolute Gasteiger partial charge is 0.0343 e. The van der Waals surface area contributed by atoms with Crippen molar-refractivity contribution in [3.63, 3.8) is 0 Å². The van der Waals surface area contributed by atoms with Gasteiger partial charge in [-0.2, -0.15) is 0 Å². The Kier molecular flexibility index (Phi) is 4.00. The van der Waals surface area contributed by atoms with Crippen LogP contribution in [0.1, 0.15) is 20.3 Å². The number of rotatable bonds is 3. The summed E-state index contributed by atoms with van der Waals surface area (Å²) < 4.78 is 0. The molecule has 2 rings (SSSR count). The lowest BCUT2D eigenvalue weighted by Crippen LogP contribution is -2.49. The molecule has 0 saturated carbocycles. The third-order valence-corrected chi connectivity index (χ3v) is 4.31. The summed E-state index contributed by atoms with van der Waals surface area (Å²) in [6.45, 7) is 6.86. The van der Waals surface area contributed by atoms with Crippen LogP contribution in [0, 0.1) is 5.41 Å². The lowest BCUT2D eigenvalue weighted by molar-refractivity contribution is 0.236. The highest BCUT2D eigenvalue weighted by Gasteiger charge is 2.31. The van der Waals surface area contributed by atoms with Gasteiger partial charge in [0.2, 0.25) is 0 Å². The third kappa shape index (κ3) is 3.17. The summed E-state index contributed by atoms with van der Waals surface area (Å²) in [6.07, 6.45) is 3.30. The standard InChI is InChI=1S/C14H22N2S/c1-14(2)10-15-9-8-13(14)16-11-4-6-12(17-3)7-5-11/h4-7,13,15-16H,8-10H2,1-3H3. The van der Waals surface area contributed by atoms with Crippen molar-refractivity contribution < 1.29 is 0 Å². The third-order valence-electron chi connectivity index (χ3n) is 3.56. The molecule has 2 nitrogen and oxygen atoms in total. The molecular formula is C14H22N2S. The van der Waals surface area contributed by atoms with Crippen LogP contribution in [0.4, 0.5) is 5.69 Å². The maximum absolute atomic E-state index is 3.67. The van der Waals surface area contributed by atoms with Gasteiger partial charge in [0, 0.05) is 23.2 Å². The van der Waals surface area contributed by atoms with E-state index in [0.29, 0.717) is 11.5 Å². The predicted molar refractivity (Wildman–Crippen MR) is 76.9 cm³/mol. The molecule has 0 aliphatic carbocycles. The Labute approximate surface area is 109 Å². The van der Waals surface area contributed by atoms with Crippen LogP contribution in [0.3, 0.4) is 0 Å². The van der Waals surface area contributed by atoms with Crippen LogP contribution in [-0.4, -0.2) is 25.4 Å². The maximum Gasteiger partial charge on any atom is 0.0343 e. The van der Waals surface area contributed by atoms with Gasteiger partial charge in [0.15, 0.2) is 0 Å². The highest BCUT2D eigenvalue weighted by atomic mass is 32.2. The second-order valence-corrected chi connectivity index (χ2v) is 6.26. The number of hydrogen-bond donors (Lipinski definition) is 2. The fraction of sp³-hybridized carbons (Fsp3) is 0.571. The number of anilines is 1. The van der Waals surface area contributed by atoms with E-state index in [0.717, 1.165) is 13.1 Å². The number of piperidine rings is 1. The Morgan fingerprint density at radius 3 is 2.59 bits per heavy atom. The van der Waals surface area contributed by atoms with Crippen LogP contribution in [0.5, 0.6) is 0 Å². The normalized spacial score (nSPS) is 23.4. The highest BCUT2D eigenvalue weighted by molar-refractivity contribution is 7.98. The van der Waals surface area contributed by atoms with Crippen molar-refractivity contribution in [1.82, 2.24) is 5.32 Å². The summed E-state index contributed by atoms with van der Waals surface area (Å²) >= 11 is 1.79. The van der Waals surface area contributed by atoms with E-state index in [1.54, 1.807) is 11.8 Å². The van der Waals surface area contributed by atoms with E-state index in [-0.39, 0.29) is 0 Å². The Hall–Kier alpha value is -0.670. The first kappa shape index (κ1) is 12.8. The number of hydrogen-bond acceptors (Lipinski definition) is 3. The Morgan fingerprint density at radius 1 is 1.29 bits per heavy atom. The summed E-state index contributed by atoms with van der Waals surface area (Å²) in [4.78, 5) is 1.32. The second-order valence-electron chi connectivity index (χ2n) is 5.38. The SMILES string of the molecule is CSc1ccc(NC2CCNCC2(C)C)cc1. The van der Waals surface area contributed by atoms with Crippen molar-refractivity contribution in [2.24, 2.45) is 5.41 Å². The zero-order chi connectivity index (χ0) is 12.3. The quantitative estimate of drug-likeness (QED) is 0.806. The summed E-state index contributed by atoms with van der Waals surface area (Å²) in [7, 11) is 0. The predicted octanol–water partition coefficient (Wildman–Crippen LogP) is 3.21. The molecule has 2 N–H and O–H groups in total. The van der Waals surface area contributed by atoms with Crippen molar-refractivity contribution >= 4 is 17.4 Å². The zero-order valence-corrected chi connectivity index (χ0v) is 11.7. The van der Waals surface area contributed by atoms with E-state index in [1.165, 1.54) is 17.0 Å².